The van der Waals surface area contributed by atoms with Crippen LogP contribution in [0, 0.1) is 0 Å². The third-order valence-corrected chi connectivity index (χ3v) is 6.73. The van der Waals surface area contributed by atoms with Crippen LogP contribution in [0.5, 0.6) is 0 Å². The van der Waals surface area contributed by atoms with E-state index >= 15 is 0 Å². The van der Waals surface area contributed by atoms with Gasteiger partial charge in [0.05, 0.1) is 0 Å². The predicted octanol–water partition coefficient (Wildman–Crippen LogP) is 1.97. The van der Waals surface area contributed by atoms with E-state index in [1.54, 1.807) is 18.7 Å². The summed E-state index contributed by atoms with van der Waals surface area (Å²) in [6.45, 7) is 3.57. The fourth-order valence-corrected chi connectivity index (χ4v) is 5.31. The highest BCUT2D eigenvalue weighted by molar-refractivity contribution is 9.09. The van der Waals surface area contributed by atoms with Gasteiger partial charge >= 0.3 is 0 Å². The van der Waals surface area contributed by atoms with Crippen LogP contribution < -0.4 is 0 Å². The van der Waals surface area contributed by atoms with Gasteiger partial charge < -0.3 is 0 Å². The summed E-state index contributed by atoms with van der Waals surface area (Å²) in [5, 5.41) is 0.757. The molecule has 1 fully saturated rings. The number of halogens is 1. The summed E-state index contributed by atoms with van der Waals surface area (Å²) in [5.74, 6) is 2.06. The topological polar surface area (TPSA) is 37.4 Å². The van der Waals surface area contributed by atoms with Gasteiger partial charge in [-0.15, -0.1) is 0 Å². The molecule has 1 heterocycles. The van der Waals surface area contributed by atoms with Crippen LogP contribution >= 0.6 is 27.7 Å². The second-order valence-electron chi connectivity index (χ2n) is 3.91. The predicted molar refractivity (Wildman–Crippen MR) is 75.2 cm³/mol. The Morgan fingerprint density at radius 2 is 2.19 bits per heavy atom. The Labute approximate surface area is 111 Å². The Balaban J connectivity index is 2.57. The Morgan fingerprint density at radius 3 is 2.81 bits per heavy atom. The molecule has 1 saturated heterocycles. The summed E-state index contributed by atoms with van der Waals surface area (Å²) in [7, 11) is -2.91. The molecule has 0 saturated carbocycles. The van der Waals surface area contributed by atoms with E-state index in [4.69, 9.17) is 0 Å². The van der Waals surface area contributed by atoms with E-state index < -0.39 is 9.84 Å². The van der Waals surface area contributed by atoms with Crippen molar-refractivity contribution in [2.24, 2.45) is 0 Å². The average molecular weight is 330 g/mol. The molecule has 1 aliphatic rings. The maximum atomic E-state index is 11.9. The number of rotatable bonds is 6. The number of thioether (sulfide) groups is 1. The van der Waals surface area contributed by atoms with E-state index in [-0.39, 0.29) is 11.1 Å². The molecule has 0 aromatic carbocycles. The van der Waals surface area contributed by atoms with Crippen LogP contribution in [0.25, 0.3) is 0 Å². The van der Waals surface area contributed by atoms with Gasteiger partial charge in [-0.1, -0.05) is 22.9 Å². The van der Waals surface area contributed by atoms with Gasteiger partial charge in [0.25, 0.3) is 0 Å². The molecule has 1 unspecified atom stereocenters. The Hall–Kier alpha value is 0.740. The van der Waals surface area contributed by atoms with Crippen molar-refractivity contribution in [1.29, 1.82) is 0 Å². The van der Waals surface area contributed by atoms with E-state index in [1.807, 2.05) is 0 Å². The van der Waals surface area contributed by atoms with Crippen molar-refractivity contribution in [3.63, 3.8) is 0 Å². The van der Waals surface area contributed by atoms with Crippen molar-refractivity contribution in [1.82, 2.24) is 4.90 Å². The van der Waals surface area contributed by atoms with Crippen LogP contribution in [0.4, 0.5) is 0 Å². The summed E-state index contributed by atoms with van der Waals surface area (Å²) < 4.78 is 23.9. The minimum absolute atomic E-state index is 0.244. The molecule has 0 aliphatic carbocycles. The van der Waals surface area contributed by atoms with Crippen LogP contribution in [0.3, 0.4) is 0 Å². The molecule has 0 amide bonds. The van der Waals surface area contributed by atoms with Gasteiger partial charge in [0.1, 0.15) is 5.37 Å². The molecule has 3 nitrogen and oxygen atoms in total. The average Bonchev–Trinajstić information content (AvgIpc) is 2.30. The molecular weight excluding hydrogens is 310 g/mol. The quantitative estimate of drug-likeness (QED) is 0.551. The fourth-order valence-electron chi connectivity index (χ4n) is 1.80. The lowest BCUT2D eigenvalue weighted by atomic mass is 10.3. The zero-order chi connectivity index (χ0) is 12.0. The highest BCUT2D eigenvalue weighted by Gasteiger charge is 2.32. The number of alkyl halides is 1. The maximum absolute atomic E-state index is 11.9. The van der Waals surface area contributed by atoms with Crippen molar-refractivity contribution in [2.75, 3.05) is 35.7 Å². The third kappa shape index (κ3) is 4.20. The van der Waals surface area contributed by atoms with Gasteiger partial charge in [-0.25, -0.2) is 8.42 Å². The smallest absolute Gasteiger partial charge is 0.166 e. The normalized spacial score (nSPS) is 23.5. The molecule has 0 aromatic rings. The molecule has 0 bridgehead atoms. The molecule has 0 aromatic heterocycles. The molecule has 0 N–H and O–H groups in total. The lowest BCUT2D eigenvalue weighted by molar-refractivity contribution is 0.266. The maximum Gasteiger partial charge on any atom is 0.166 e. The number of nitrogens with zero attached hydrogens (tertiary/aromatic N) is 1. The monoisotopic (exact) mass is 329 g/mol. The second-order valence-corrected chi connectivity index (χ2v) is 8.30. The van der Waals surface area contributed by atoms with Crippen molar-refractivity contribution in [3.8, 4) is 0 Å². The van der Waals surface area contributed by atoms with Gasteiger partial charge in [-0.05, 0) is 19.4 Å². The van der Waals surface area contributed by atoms with E-state index in [0.717, 1.165) is 42.8 Å². The Morgan fingerprint density at radius 1 is 1.44 bits per heavy atom. The first-order valence-electron chi connectivity index (χ1n) is 5.71. The molecule has 0 spiro atoms. The standard InChI is InChI=1S/C10H20BrNO2S2/c1-2-16(13,14)10-9-15-8-7-12(10)6-4-3-5-11/h10H,2-9H2,1H3. The van der Waals surface area contributed by atoms with Gasteiger partial charge in [-0.3, -0.25) is 4.90 Å². The van der Waals surface area contributed by atoms with E-state index in [0.29, 0.717) is 0 Å². The zero-order valence-electron chi connectivity index (χ0n) is 9.69. The lowest BCUT2D eigenvalue weighted by Crippen LogP contribution is -2.48. The number of unbranched alkanes of at least 4 members (excludes halogenated alkanes) is 1. The van der Waals surface area contributed by atoms with E-state index in [2.05, 4.69) is 20.8 Å². The van der Waals surface area contributed by atoms with Crippen LogP contribution in [-0.2, 0) is 9.84 Å². The third-order valence-electron chi connectivity index (χ3n) is 2.84. The van der Waals surface area contributed by atoms with Crippen LogP contribution in [0.2, 0.25) is 0 Å². The summed E-state index contributed by atoms with van der Waals surface area (Å²) >= 11 is 5.16. The van der Waals surface area contributed by atoms with Crippen molar-refractivity contribution >= 4 is 37.5 Å². The Kier molecular flexibility index (Phi) is 6.69. The molecule has 16 heavy (non-hydrogen) atoms. The summed E-state index contributed by atoms with van der Waals surface area (Å²) in [6, 6.07) is 0. The second kappa shape index (κ2) is 7.24. The largest absolute Gasteiger partial charge is 0.286 e. The van der Waals surface area contributed by atoms with Gasteiger partial charge in [0.15, 0.2) is 9.84 Å². The van der Waals surface area contributed by atoms with Crippen molar-refractivity contribution in [3.05, 3.63) is 0 Å². The SMILES string of the molecule is CCS(=O)(=O)C1CSCCN1CCCCBr. The zero-order valence-corrected chi connectivity index (χ0v) is 12.9. The molecule has 0 radical (unpaired) electrons. The number of sulfone groups is 1. The first-order valence-corrected chi connectivity index (χ1v) is 9.70. The summed E-state index contributed by atoms with van der Waals surface area (Å²) in [6.07, 6.45) is 2.19. The highest BCUT2D eigenvalue weighted by atomic mass is 79.9. The minimum Gasteiger partial charge on any atom is -0.286 e. The van der Waals surface area contributed by atoms with Gasteiger partial charge in [0.2, 0.25) is 0 Å². The molecule has 1 rings (SSSR count). The minimum atomic E-state index is -2.91. The molecule has 1 aliphatic heterocycles. The van der Waals surface area contributed by atoms with E-state index in [9.17, 15) is 8.42 Å². The van der Waals surface area contributed by atoms with Gasteiger partial charge in [0, 0.05) is 29.1 Å². The molecule has 96 valence electrons. The number of hydrogen-bond donors (Lipinski definition) is 0. The summed E-state index contributed by atoms with van der Waals surface area (Å²) in [5.41, 5.74) is 0. The molecule has 1 atom stereocenters. The van der Waals surface area contributed by atoms with Crippen molar-refractivity contribution in [2.45, 2.75) is 25.1 Å². The van der Waals surface area contributed by atoms with Crippen LogP contribution in [-0.4, -0.2) is 54.4 Å². The van der Waals surface area contributed by atoms with E-state index in [1.165, 1.54) is 0 Å². The van der Waals surface area contributed by atoms with Crippen molar-refractivity contribution < 1.29 is 8.42 Å². The fraction of sp³-hybridized carbons (Fsp3) is 1.00. The van der Waals surface area contributed by atoms with Crippen LogP contribution in [0.1, 0.15) is 19.8 Å². The lowest BCUT2D eigenvalue weighted by Gasteiger charge is -2.34. The molecule has 6 heteroatoms. The summed E-state index contributed by atoms with van der Waals surface area (Å²) in [4.78, 5) is 2.15. The first kappa shape index (κ1) is 14.8. The van der Waals surface area contributed by atoms with Crippen LogP contribution in [0.15, 0.2) is 0 Å². The molecular formula is C10H20BrNO2S2. The highest BCUT2D eigenvalue weighted by Crippen LogP contribution is 2.21. The first-order chi connectivity index (χ1) is 7.61. The van der Waals surface area contributed by atoms with Gasteiger partial charge in [-0.2, -0.15) is 11.8 Å². The number of hydrogen-bond acceptors (Lipinski definition) is 4. The Bertz CT molecular complexity index is 295.